The van der Waals surface area contributed by atoms with Gasteiger partial charge in [-0.15, -0.1) is 0 Å². The predicted molar refractivity (Wildman–Crippen MR) is 81.1 cm³/mol. The molecule has 0 bridgehead atoms. The molecule has 0 spiro atoms. The molecule has 104 valence electrons. The van der Waals surface area contributed by atoms with Crippen molar-refractivity contribution in [2.75, 3.05) is 5.32 Å². The van der Waals surface area contributed by atoms with Crippen LogP contribution in [0, 0.1) is 12.7 Å². The normalized spacial score (nSPS) is 10.3. The number of halogens is 2. The van der Waals surface area contributed by atoms with E-state index in [2.05, 4.69) is 21.2 Å². The maximum atomic E-state index is 13.7. The van der Waals surface area contributed by atoms with Crippen molar-refractivity contribution in [3.05, 3.63) is 63.4 Å². The maximum absolute atomic E-state index is 13.7. The molecule has 0 saturated heterocycles. The van der Waals surface area contributed by atoms with Gasteiger partial charge in [-0.1, -0.05) is 15.9 Å². The van der Waals surface area contributed by atoms with Crippen LogP contribution in [0.4, 0.5) is 10.1 Å². The SMILES string of the molecule is Cc1cc(Br)cc(NCc2cc(C(N)=O)ccc2F)c1. The Morgan fingerprint density at radius 1 is 1.30 bits per heavy atom. The van der Waals surface area contributed by atoms with Gasteiger partial charge in [-0.25, -0.2) is 4.39 Å². The Kier molecular flexibility index (Phi) is 4.39. The molecular formula is C15H14BrFN2O. The van der Waals surface area contributed by atoms with E-state index in [0.29, 0.717) is 11.1 Å². The first-order valence-corrected chi connectivity index (χ1v) is 6.84. The number of nitrogens with two attached hydrogens (primary N) is 1. The molecule has 0 heterocycles. The van der Waals surface area contributed by atoms with E-state index in [1.807, 2.05) is 25.1 Å². The zero-order valence-corrected chi connectivity index (χ0v) is 12.5. The van der Waals surface area contributed by atoms with Gasteiger partial charge in [0, 0.05) is 27.8 Å². The van der Waals surface area contributed by atoms with Crippen LogP contribution in [0.25, 0.3) is 0 Å². The van der Waals surface area contributed by atoms with E-state index >= 15 is 0 Å². The van der Waals surface area contributed by atoms with Crippen molar-refractivity contribution in [2.24, 2.45) is 5.73 Å². The number of aryl methyl sites for hydroxylation is 1. The van der Waals surface area contributed by atoms with Crippen molar-refractivity contribution in [3.63, 3.8) is 0 Å². The number of anilines is 1. The fourth-order valence-corrected chi connectivity index (χ4v) is 2.51. The van der Waals surface area contributed by atoms with Crippen LogP contribution in [0.2, 0.25) is 0 Å². The summed E-state index contributed by atoms with van der Waals surface area (Å²) < 4.78 is 14.6. The molecule has 0 aliphatic carbocycles. The number of hydrogen-bond donors (Lipinski definition) is 2. The maximum Gasteiger partial charge on any atom is 0.248 e. The van der Waals surface area contributed by atoms with E-state index in [1.54, 1.807) is 0 Å². The van der Waals surface area contributed by atoms with Crippen LogP contribution in [0.5, 0.6) is 0 Å². The summed E-state index contributed by atoms with van der Waals surface area (Å²) in [6.07, 6.45) is 0. The second-order valence-corrected chi connectivity index (χ2v) is 5.46. The molecule has 0 aromatic heterocycles. The number of amides is 1. The summed E-state index contributed by atoms with van der Waals surface area (Å²) >= 11 is 3.41. The van der Waals surface area contributed by atoms with Gasteiger partial charge in [0.15, 0.2) is 0 Å². The fraction of sp³-hybridized carbons (Fsp3) is 0.133. The third kappa shape index (κ3) is 3.57. The molecule has 0 saturated carbocycles. The number of primary amides is 1. The van der Waals surface area contributed by atoms with Crippen LogP contribution >= 0.6 is 15.9 Å². The molecule has 0 radical (unpaired) electrons. The van der Waals surface area contributed by atoms with Crippen LogP contribution < -0.4 is 11.1 Å². The van der Waals surface area contributed by atoms with Crippen LogP contribution in [0.1, 0.15) is 21.5 Å². The van der Waals surface area contributed by atoms with Crippen LogP contribution in [0.3, 0.4) is 0 Å². The Hall–Kier alpha value is -1.88. The van der Waals surface area contributed by atoms with Gasteiger partial charge in [-0.2, -0.15) is 0 Å². The average molecular weight is 337 g/mol. The number of carbonyl (C=O) groups is 1. The Morgan fingerprint density at radius 2 is 2.05 bits per heavy atom. The lowest BCUT2D eigenvalue weighted by Crippen LogP contribution is -2.12. The van der Waals surface area contributed by atoms with Crippen molar-refractivity contribution >= 4 is 27.5 Å². The minimum Gasteiger partial charge on any atom is -0.381 e. The zero-order valence-electron chi connectivity index (χ0n) is 10.9. The van der Waals surface area contributed by atoms with Gasteiger partial charge in [-0.05, 0) is 48.9 Å². The van der Waals surface area contributed by atoms with E-state index < -0.39 is 5.91 Å². The molecule has 3 N–H and O–H groups in total. The van der Waals surface area contributed by atoms with Gasteiger partial charge in [0.2, 0.25) is 5.91 Å². The topological polar surface area (TPSA) is 55.1 Å². The fourth-order valence-electron chi connectivity index (χ4n) is 1.90. The van der Waals surface area contributed by atoms with Crippen LogP contribution in [-0.4, -0.2) is 5.91 Å². The summed E-state index contributed by atoms with van der Waals surface area (Å²) in [7, 11) is 0. The highest BCUT2D eigenvalue weighted by molar-refractivity contribution is 9.10. The van der Waals surface area contributed by atoms with Crippen molar-refractivity contribution in [1.82, 2.24) is 0 Å². The van der Waals surface area contributed by atoms with Gasteiger partial charge in [0.05, 0.1) is 0 Å². The summed E-state index contributed by atoms with van der Waals surface area (Å²) in [5.41, 5.74) is 7.86. The van der Waals surface area contributed by atoms with Gasteiger partial charge >= 0.3 is 0 Å². The van der Waals surface area contributed by atoms with Crippen molar-refractivity contribution in [2.45, 2.75) is 13.5 Å². The molecule has 0 unspecified atom stereocenters. The highest BCUT2D eigenvalue weighted by atomic mass is 79.9. The summed E-state index contributed by atoms with van der Waals surface area (Å²) in [5.74, 6) is -0.932. The van der Waals surface area contributed by atoms with Crippen LogP contribution in [-0.2, 0) is 6.54 Å². The molecule has 3 nitrogen and oxygen atoms in total. The molecule has 2 aromatic carbocycles. The molecule has 2 aromatic rings. The first kappa shape index (κ1) is 14.5. The molecule has 2 rings (SSSR count). The lowest BCUT2D eigenvalue weighted by molar-refractivity contribution is 0.1000. The van der Waals surface area contributed by atoms with Gasteiger partial charge in [0.1, 0.15) is 5.82 Å². The van der Waals surface area contributed by atoms with Gasteiger partial charge in [0.25, 0.3) is 0 Å². The first-order valence-electron chi connectivity index (χ1n) is 6.05. The first-order chi connectivity index (χ1) is 9.45. The second-order valence-electron chi connectivity index (χ2n) is 4.54. The Balaban J connectivity index is 2.18. The lowest BCUT2D eigenvalue weighted by Gasteiger charge is -2.10. The van der Waals surface area contributed by atoms with Crippen molar-refractivity contribution in [3.8, 4) is 0 Å². The third-order valence-electron chi connectivity index (χ3n) is 2.86. The molecule has 0 fully saturated rings. The Bertz CT molecular complexity index is 638. The minimum atomic E-state index is -0.565. The van der Waals surface area contributed by atoms with E-state index in [1.165, 1.54) is 18.2 Å². The number of nitrogens with one attached hydrogen (secondary N) is 1. The molecular weight excluding hydrogens is 323 g/mol. The monoisotopic (exact) mass is 336 g/mol. The molecule has 0 atom stereocenters. The third-order valence-corrected chi connectivity index (χ3v) is 3.31. The standard InChI is InChI=1S/C15H14BrFN2O/c1-9-4-12(16)7-13(5-9)19-8-11-6-10(15(18)20)2-3-14(11)17/h2-7,19H,8H2,1H3,(H2,18,20). The Labute approximate surface area is 125 Å². The number of hydrogen-bond acceptors (Lipinski definition) is 2. The lowest BCUT2D eigenvalue weighted by atomic mass is 10.1. The number of rotatable bonds is 4. The average Bonchev–Trinajstić information content (AvgIpc) is 2.36. The summed E-state index contributed by atoms with van der Waals surface area (Å²) in [6.45, 7) is 2.26. The van der Waals surface area contributed by atoms with Gasteiger partial charge < -0.3 is 11.1 Å². The minimum absolute atomic E-state index is 0.281. The molecule has 0 aliphatic heterocycles. The summed E-state index contributed by atoms with van der Waals surface area (Å²) in [6, 6.07) is 9.95. The van der Waals surface area contributed by atoms with Crippen molar-refractivity contribution < 1.29 is 9.18 Å². The smallest absolute Gasteiger partial charge is 0.248 e. The molecule has 0 aliphatic rings. The van der Waals surface area contributed by atoms with Crippen molar-refractivity contribution in [1.29, 1.82) is 0 Å². The van der Waals surface area contributed by atoms with E-state index in [0.717, 1.165) is 15.7 Å². The zero-order chi connectivity index (χ0) is 14.7. The molecule has 5 heteroatoms. The van der Waals surface area contributed by atoms with E-state index in [9.17, 15) is 9.18 Å². The largest absolute Gasteiger partial charge is 0.381 e. The number of benzene rings is 2. The predicted octanol–water partition coefficient (Wildman–Crippen LogP) is 3.61. The second kappa shape index (κ2) is 6.05. The highest BCUT2D eigenvalue weighted by Gasteiger charge is 2.07. The van der Waals surface area contributed by atoms with Gasteiger partial charge in [-0.3, -0.25) is 4.79 Å². The summed E-state index contributed by atoms with van der Waals surface area (Å²) in [4.78, 5) is 11.1. The number of carbonyl (C=O) groups excluding carboxylic acids is 1. The molecule has 20 heavy (non-hydrogen) atoms. The van der Waals surface area contributed by atoms with Crippen LogP contribution in [0.15, 0.2) is 40.9 Å². The molecule has 1 amide bonds. The van der Waals surface area contributed by atoms with E-state index in [-0.39, 0.29) is 12.4 Å². The quantitative estimate of drug-likeness (QED) is 0.896. The Morgan fingerprint density at radius 3 is 2.70 bits per heavy atom. The van der Waals surface area contributed by atoms with E-state index in [4.69, 9.17) is 5.73 Å². The highest BCUT2D eigenvalue weighted by Crippen LogP contribution is 2.20. The summed E-state index contributed by atoms with van der Waals surface area (Å²) in [5, 5.41) is 3.13.